The van der Waals surface area contributed by atoms with E-state index in [1.54, 1.807) is 0 Å². The molecule has 20 heavy (non-hydrogen) atoms. The van der Waals surface area contributed by atoms with Gasteiger partial charge in [0.15, 0.2) is 5.82 Å². The molecule has 0 bridgehead atoms. The molecule has 2 heterocycles. The summed E-state index contributed by atoms with van der Waals surface area (Å²) in [6, 6.07) is -0.0468. The highest BCUT2D eigenvalue weighted by molar-refractivity contribution is 5.98. The summed E-state index contributed by atoms with van der Waals surface area (Å²) in [5, 5.41) is 9.01. The first-order valence-electron chi connectivity index (χ1n) is 6.94. The maximum absolute atomic E-state index is 12.2. The minimum atomic E-state index is -1.24. The molecular formula is C14H19N3O3. The average molecular weight is 277 g/mol. The van der Waals surface area contributed by atoms with E-state index in [4.69, 9.17) is 5.11 Å². The first-order valence-corrected chi connectivity index (χ1v) is 6.94. The number of hydrogen-bond donors (Lipinski definition) is 1. The SMILES string of the molecule is CCCCN=C1CCC(C)n2c1ncc(C(=O)O)c2=O. The first-order chi connectivity index (χ1) is 9.56. The first kappa shape index (κ1) is 14.4. The molecule has 1 N–H and O–H groups in total. The van der Waals surface area contributed by atoms with Gasteiger partial charge in [-0.2, -0.15) is 0 Å². The van der Waals surface area contributed by atoms with Crippen LogP contribution >= 0.6 is 0 Å². The second kappa shape index (κ2) is 5.98. The molecule has 1 aromatic heterocycles. The zero-order valence-electron chi connectivity index (χ0n) is 11.8. The van der Waals surface area contributed by atoms with E-state index in [1.165, 1.54) is 4.57 Å². The molecule has 6 heteroatoms. The summed E-state index contributed by atoms with van der Waals surface area (Å²) in [4.78, 5) is 31.9. The van der Waals surface area contributed by atoms with Crippen molar-refractivity contribution in [3.05, 3.63) is 27.9 Å². The Morgan fingerprint density at radius 3 is 3.00 bits per heavy atom. The predicted octanol–water partition coefficient (Wildman–Crippen LogP) is 1.89. The minimum Gasteiger partial charge on any atom is -0.477 e. The molecule has 0 amide bonds. The van der Waals surface area contributed by atoms with Gasteiger partial charge in [-0.1, -0.05) is 13.3 Å². The van der Waals surface area contributed by atoms with Crippen LogP contribution in [0.2, 0.25) is 0 Å². The lowest BCUT2D eigenvalue weighted by molar-refractivity contribution is 0.0693. The van der Waals surface area contributed by atoms with E-state index in [9.17, 15) is 9.59 Å². The molecular weight excluding hydrogens is 258 g/mol. The van der Waals surface area contributed by atoms with Crippen molar-refractivity contribution >= 4 is 11.7 Å². The number of unbranched alkanes of at least 4 members (excludes halogenated alkanes) is 1. The van der Waals surface area contributed by atoms with Gasteiger partial charge in [0, 0.05) is 18.8 Å². The molecule has 0 fully saturated rings. The van der Waals surface area contributed by atoms with Crippen LogP contribution in [0.4, 0.5) is 0 Å². The fourth-order valence-electron chi connectivity index (χ4n) is 2.35. The second-order valence-corrected chi connectivity index (χ2v) is 5.05. The number of aliphatic imine (C=N–C) groups is 1. The van der Waals surface area contributed by atoms with Gasteiger partial charge in [0.05, 0.1) is 5.71 Å². The molecule has 1 aromatic rings. The monoisotopic (exact) mass is 277 g/mol. The highest BCUT2D eigenvalue weighted by Crippen LogP contribution is 2.21. The predicted molar refractivity (Wildman–Crippen MR) is 75.7 cm³/mol. The fourth-order valence-corrected chi connectivity index (χ4v) is 2.35. The van der Waals surface area contributed by atoms with Crippen molar-refractivity contribution < 1.29 is 9.90 Å². The Hall–Kier alpha value is -1.98. The summed E-state index contributed by atoms with van der Waals surface area (Å²) in [7, 11) is 0. The van der Waals surface area contributed by atoms with Crippen molar-refractivity contribution in [2.45, 2.75) is 45.6 Å². The smallest absolute Gasteiger partial charge is 0.342 e. The van der Waals surface area contributed by atoms with Crippen molar-refractivity contribution in [3.63, 3.8) is 0 Å². The Morgan fingerprint density at radius 2 is 2.35 bits per heavy atom. The highest BCUT2D eigenvalue weighted by Gasteiger charge is 2.25. The summed E-state index contributed by atoms with van der Waals surface area (Å²) in [5.74, 6) is -0.713. The average Bonchev–Trinajstić information content (AvgIpc) is 2.41. The van der Waals surface area contributed by atoms with Gasteiger partial charge in [0.25, 0.3) is 5.56 Å². The fraction of sp³-hybridized carbons (Fsp3) is 0.571. The zero-order chi connectivity index (χ0) is 14.7. The molecule has 1 aliphatic heterocycles. The van der Waals surface area contributed by atoms with E-state index < -0.39 is 11.5 Å². The van der Waals surface area contributed by atoms with Gasteiger partial charge in [-0.05, 0) is 26.2 Å². The van der Waals surface area contributed by atoms with Crippen LogP contribution in [0.5, 0.6) is 0 Å². The van der Waals surface area contributed by atoms with E-state index in [0.29, 0.717) is 5.82 Å². The number of rotatable bonds is 4. The van der Waals surface area contributed by atoms with Gasteiger partial charge in [0.2, 0.25) is 0 Å². The quantitative estimate of drug-likeness (QED) is 0.852. The maximum Gasteiger partial charge on any atom is 0.342 e. The van der Waals surface area contributed by atoms with Crippen LogP contribution in [0, 0.1) is 0 Å². The normalized spacial score (nSPS) is 19.9. The van der Waals surface area contributed by atoms with Gasteiger partial charge < -0.3 is 5.11 Å². The Morgan fingerprint density at radius 1 is 1.60 bits per heavy atom. The van der Waals surface area contributed by atoms with Crippen molar-refractivity contribution in [3.8, 4) is 0 Å². The maximum atomic E-state index is 12.2. The third-order valence-corrected chi connectivity index (χ3v) is 3.54. The highest BCUT2D eigenvalue weighted by atomic mass is 16.4. The molecule has 0 aliphatic carbocycles. The van der Waals surface area contributed by atoms with Crippen LogP contribution in [0.3, 0.4) is 0 Å². The zero-order valence-corrected chi connectivity index (χ0v) is 11.8. The molecule has 0 spiro atoms. The van der Waals surface area contributed by atoms with Crippen LogP contribution < -0.4 is 5.56 Å². The van der Waals surface area contributed by atoms with Crippen molar-refractivity contribution in [2.24, 2.45) is 4.99 Å². The number of hydrogen-bond acceptors (Lipinski definition) is 4. The number of carboxylic acid groups (broad SMARTS) is 1. The number of aromatic nitrogens is 2. The number of aromatic carboxylic acids is 1. The van der Waals surface area contributed by atoms with Crippen molar-refractivity contribution in [2.75, 3.05) is 6.54 Å². The van der Waals surface area contributed by atoms with E-state index in [1.807, 2.05) is 6.92 Å². The topological polar surface area (TPSA) is 84.6 Å². The number of carboxylic acids is 1. The summed E-state index contributed by atoms with van der Waals surface area (Å²) in [6.07, 6.45) is 4.76. The van der Waals surface area contributed by atoms with Crippen molar-refractivity contribution in [1.29, 1.82) is 0 Å². The van der Waals surface area contributed by atoms with E-state index in [-0.39, 0.29) is 11.6 Å². The van der Waals surface area contributed by atoms with E-state index in [0.717, 1.165) is 44.1 Å². The molecule has 0 aromatic carbocycles. The molecule has 2 rings (SSSR count). The summed E-state index contributed by atoms with van der Waals surface area (Å²) in [6.45, 7) is 4.72. The van der Waals surface area contributed by atoms with Crippen molar-refractivity contribution in [1.82, 2.24) is 9.55 Å². The lowest BCUT2D eigenvalue weighted by Crippen LogP contribution is -2.37. The molecule has 0 saturated carbocycles. The van der Waals surface area contributed by atoms with Gasteiger partial charge in [-0.3, -0.25) is 14.4 Å². The summed E-state index contributed by atoms with van der Waals surface area (Å²) in [5.41, 5.74) is 0.0406. The van der Waals surface area contributed by atoms with Crippen LogP contribution in [-0.2, 0) is 0 Å². The third kappa shape index (κ3) is 2.64. The Balaban J connectivity index is 2.49. The summed E-state index contributed by atoms with van der Waals surface area (Å²) >= 11 is 0. The molecule has 1 aliphatic rings. The van der Waals surface area contributed by atoms with E-state index in [2.05, 4.69) is 16.9 Å². The van der Waals surface area contributed by atoms with Crippen LogP contribution in [0.15, 0.2) is 16.0 Å². The van der Waals surface area contributed by atoms with Crippen LogP contribution in [-0.4, -0.2) is 32.9 Å². The Bertz CT molecular complexity index is 604. The molecule has 1 unspecified atom stereocenters. The standard InChI is InChI=1S/C14H19N3O3/c1-3-4-7-15-11-6-5-9(2)17-12(11)16-8-10(13(17)18)14(19)20/h8-9H,3-7H2,1-2H3,(H,19,20). The number of fused-ring (bicyclic) bond motifs is 1. The molecule has 6 nitrogen and oxygen atoms in total. The molecule has 108 valence electrons. The van der Waals surface area contributed by atoms with Gasteiger partial charge in [-0.25, -0.2) is 9.78 Å². The largest absolute Gasteiger partial charge is 0.477 e. The number of nitrogens with zero attached hydrogens (tertiary/aromatic N) is 3. The van der Waals surface area contributed by atoms with E-state index >= 15 is 0 Å². The van der Waals surface area contributed by atoms with Gasteiger partial charge in [0.1, 0.15) is 5.56 Å². The molecule has 0 saturated heterocycles. The second-order valence-electron chi connectivity index (χ2n) is 5.05. The number of carbonyl (C=O) groups is 1. The Labute approximate surface area is 117 Å². The van der Waals surface area contributed by atoms with Gasteiger partial charge in [-0.15, -0.1) is 0 Å². The van der Waals surface area contributed by atoms with Crippen LogP contribution in [0.25, 0.3) is 0 Å². The van der Waals surface area contributed by atoms with Gasteiger partial charge >= 0.3 is 5.97 Å². The lowest BCUT2D eigenvalue weighted by Gasteiger charge is -2.25. The Kier molecular flexibility index (Phi) is 4.32. The molecule has 0 radical (unpaired) electrons. The minimum absolute atomic E-state index is 0.0468. The summed E-state index contributed by atoms with van der Waals surface area (Å²) < 4.78 is 1.47. The van der Waals surface area contributed by atoms with Crippen LogP contribution in [0.1, 0.15) is 61.8 Å². The molecule has 1 atom stereocenters. The lowest BCUT2D eigenvalue weighted by atomic mass is 10.0. The third-order valence-electron chi connectivity index (χ3n) is 3.54.